The Labute approximate surface area is 103 Å². The van der Waals surface area contributed by atoms with Crippen LogP contribution in [0.4, 0.5) is 5.69 Å². The molecule has 0 spiro atoms. The van der Waals surface area contributed by atoms with E-state index in [0.717, 1.165) is 0 Å². The predicted molar refractivity (Wildman–Crippen MR) is 65.0 cm³/mol. The van der Waals surface area contributed by atoms with E-state index in [4.69, 9.17) is 28.9 Å². The first-order valence-electron chi connectivity index (χ1n) is 4.50. The van der Waals surface area contributed by atoms with Gasteiger partial charge in [0.25, 0.3) is 0 Å². The first-order chi connectivity index (χ1) is 7.21. The number of carbonyl (C=O) groups excluding carboxylic acids is 1. The Bertz CT molecular complexity index is 404. The molecule has 0 aliphatic carbocycles. The van der Waals surface area contributed by atoms with Gasteiger partial charge in [-0.2, -0.15) is 0 Å². The van der Waals surface area contributed by atoms with E-state index in [-0.39, 0.29) is 21.7 Å². The van der Waals surface area contributed by atoms with Crippen molar-refractivity contribution < 1.29 is 9.90 Å². The number of phenols is 1. The summed E-state index contributed by atoms with van der Waals surface area (Å²) >= 11 is 11.4. The minimum atomic E-state index is -1.00. The molecule has 1 amide bonds. The molecule has 1 aromatic rings. The van der Waals surface area contributed by atoms with Gasteiger partial charge in [0.1, 0.15) is 0 Å². The molecular weight excluding hydrogens is 251 g/mol. The van der Waals surface area contributed by atoms with Gasteiger partial charge in [-0.25, -0.2) is 0 Å². The Morgan fingerprint density at radius 3 is 2.19 bits per heavy atom. The Kier molecular flexibility index (Phi) is 3.68. The van der Waals surface area contributed by atoms with Crippen LogP contribution >= 0.6 is 23.2 Å². The van der Waals surface area contributed by atoms with Crippen LogP contribution in [0.2, 0.25) is 10.0 Å². The summed E-state index contributed by atoms with van der Waals surface area (Å²) in [6.07, 6.45) is 0. The van der Waals surface area contributed by atoms with E-state index < -0.39 is 5.54 Å². The van der Waals surface area contributed by atoms with Crippen molar-refractivity contribution in [2.75, 3.05) is 5.32 Å². The molecule has 0 heterocycles. The number of hydrogen-bond acceptors (Lipinski definition) is 3. The number of amides is 1. The lowest BCUT2D eigenvalue weighted by Crippen LogP contribution is -2.45. The number of rotatable bonds is 2. The second-order valence-electron chi connectivity index (χ2n) is 3.96. The van der Waals surface area contributed by atoms with Crippen molar-refractivity contribution in [2.45, 2.75) is 19.4 Å². The summed E-state index contributed by atoms with van der Waals surface area (Å²) in [5.41, 5.74) is 4.99. The summed E-state index contributed by atoms with van der Waals surface area (Å²) in [5.74, 6) is -0.585. The van der Waals surface area contributed by atoms with Crippen molar-refractivity contribution in [3.8, 4) is 5.75 Å². The molecule has 1 aromatic carbocycles. The fourth-order valence-corrected chi connectivity index (χ4v) is 1.42. The third-order valence-corrected chi connectivity index (χ3v) is 2.44. The van der Waals surface area contributed by atoms with Crippen LogP contribution in [0.25, 0.3) is 0 Å². The molecule has 6 heteroatoms. The van der Waals surface area contributed by atoms with Crippen molar-refractivity contribution in [3.63, 3.8) is 0 Å². The minimum Gasteiger partial charge on any atom is -0.505 e. The Morgan fingerprint density at radius 2 is 1.81 bits per heavy atom. The van der Waals surface area contributed by atoms with Gasteiger partial charge in [-0.15, -0.1) is 0 Å². The molecule has 0 saturated heterocycles. The maximum absolute atomic E-state index is 11.6. The van der Waals surface area contributed by atoms with Crippen molar-refractivity contribution in [1.29, 1.82) is 0 Å². The summed E-state index contributed by atoms with van der Waals surface area (Å²) in [7, 11) is 0. The third kappa shape index (κ3) is 3.01. The second-order valence-corrected chi connectivity index (χ2v) is 4.78. The number of nitrogens with one attached hydrogen (secondary N) is 1. The Balaban J connectivity index is 2.96. The van der Waals surface area contributed by atoms with E-state index in [1.165, 1.54) is 12.1 Å². The molecule has 88 valence electrons. The first-order valence-corrected chi connectivity index (χ1v) is 5.26. The van der Waals surface area contributed by atoms with Crippen molar-refractivity contribution in [3.05, 3.63) is 22.2 Å². The summed E-state index contributed by atoms with van der Waals surface area (Å²) in [6.45, 7) is 3.15. The lowest BCUT2D eigenvalue weighted by atomic mass is 10.1. The molecule has 16 heavy (non-hydrogen) atoms. The van der Waals surface area contributed by atoms with Crippen LogP contribution in [0.3, 0.4) is 0 Å². The summed E-state index contributed by atoms with van der Waals surface area (Å²) in [6, 6.07) is 2.79. The fourth-order valence-electron chi connectivity index (χ4n) is 0.930. The van der Waals surface area contributed by atoms with E-state index in [0.29, 0.717) is 5.69 Å². The van der Waals surface area contributed by atoms with Crippen LogP contribution in [0.15, 0.2) is 12.1 Å². The number of carbonyl (C=O) groups is 1. The average molecular weight is 263 g/mol. The SMILES string of the molecule is CC(C)(N)C(=O)Nc1cc(Cl)c(O)c(Cl)c1. The largest absolute Gasteiger partial charge is 0.505 e. The van der Waals surface area contributed by atoms with Crippen molar-refractivity contribution in [1.82, 2.24) is 0 Å². The summed E-state index contributed by atoms with van der Waals surface area (Å²) in [5, 5.41) is 12.0. The zero-order chi connectivity index (χ0) is 12.5. The quantitative estimate of drug-likeness (QED) is 0.717. The summed E-state index contributed by atoms with van der Waals surface area (Å²) in [4.78, 5) is 11.6. The smallest absolute Gasteiger partial charge is 0.243 e. The van der Waals surface area contributed by atoms with E-state index in [1.54, 1.807) is 13.8 Å². The highest BCUT2D eigenvalue weighted by Crippen LogP contribution is 2.34. The van der Waals surface area contributed by atoms with Crippen LogP contribution in [-0.2, 0) is 4.79 Å². The number of phenolic OH excluding ortho intramolecular Hbond substituents is 1. The van der Waals surface area contributed by atoms with Gasteiger partial charge < -0.3 is 16.2 Å². The second kappa shape index (κ2) is 4.49. The maximum atomic E-state index is 11.6. The van der Waals surface area contributed by atoms with Gasteiger partial charge in [0.05, 0.1) is 15.6 Å². The fraction of sp³-hybridized carbons (Fsp3) is 0.300. The lowest BCUT2D eigenvalue weighted by molar-refractivity contribution is -0.120. The monoisotopic (exact) mass is 262 g/mol. The highest BCUT2D eigenvalue weighted by Gasteiger charge is 2.22. The normalized spacial score (nSPS) is 11.3. The number of halogens is 2. The summed E-state index contributed by atoms with van der Waals surface area (Å²) < 4.78 is 0. The van der Waals surface area contributed by atoms with Gasteiger partial charge in [0.2, 0.25) is 5.91 Å². The molecular formula is C10H12Cl2N2O2. The van der Waals surface area contributed by atoms with Crippen LogP contribution in [0.5, 0.6) is 5.75 Å². The number of benzene rings is 1. The van der Waals surface area contributed by atoms with Gasteiger partial charge in [-0.1, -0.05) is 23.2 Å². The first kappa shape index (κ1) is 13.1. The number of anilines is 1. The van der Waals surface area contributed by atoms with Gasteiger partial charge >= 0.3 is 0 Å². The van der Waals surface area contributed by atoms with Gasteiger partial charge in [-0.05, 0) is 26.0 Å². The molecule has 0 aliphatic rings. The van der Waals surface area contributed by atoms with Crippen LogP contribution in [-0.4, -0.2) is 16.6 Å². The number of hydrogen-bond donors (Lipinski definition) is 3. The average Bonchev–Trinajstić information content (AvgIpc) is 2.12. The van der Waals surface area contributed by atoms with Gasteiger partial charge in [-0.3, -0.25) is 4.79 Å². The Hall–Kier alpha value is -0.970. The standard InChI is InChI=1S/C10H12Cl2N2O2/c1-10(2,13)9(16)14-5-3-6(11)8(15)7(12)4-5/h3-4,15H,13H2,1-2H3,(H,14,16). The zero-order valence-electron chi connectivity index (χ0n) is 8.84. The van der Waals surface area contributed by atoms with Gasteiger partial charge in [0.15, 0.2) is 5.75 Å². The van der Waals surface area contributed by atoms with E-state index in [2.05, 4.69) is 5.32 Å². The molecule has 0 saturated carbocycles. The van der Waals surface area contributed by atoms with Crippen molar-refractivity contribution in [2.24, 2.45) is 5.73 Å². The topological polar surface area (TPSA) is 75.4 Å². The molecule has 0 bridgehead atoms. The molecule has 0 radical (unpaired) electrons. The number of nitrogens with two attached hydrogens (primary N) is 1. The number of aromatic hydroxyl groups is 1. The molecule has 0 aliphatic heterocycles. The third-order valence-electron chi connectivity index (χ3n) is 1.86. The molecule has 4 N–H and O–H groups in total. The minimum absolute atomic E-state index is 0.0672. The van der Waals surface area contributed by atoms with Crippen LogP contribution < -0.4 is 11.1 Å². The zero-order valence-corrected chi connectivity index (χ0v) is 10.4. The van der Waals surface area contributed by atoms with Crippen molar-refractivity contribution >= 4 is 34.8 Å². The maximum Gasteiger partial charge on any atom is 0.243 e. The predicted octanol–water partition coefficient (Wildman–Crippen LogP) is 2.37. The Morgan fingerprint density at radius 1 is 1.38 bits per heavy atom. The van der Waals surface area contributed by atoms with E-state index in [1.807, 2.05) is 0 Å². The van der Waals surface area contributed by atoms with E-state index in [9.17, 15) is 9.90 Å². The molecule has 4 nitrogen and oxygen atoms in total. The van der Waals surface area contributed by atoms with Crippen LogP contribution in [0.1, 0.15) is 13.8 Å². The van der Waals surface area contributed by atoms with Crippen LogP contribution in [0, 0.1) is 0 Å². The lowest BCUT2D eigenvalue weighted by Gasteiger charge is -2.18. The molecule has 0 unspecified atom stereocenters. The molecule has 0 fully saturated rings. The highest BCUT2D eigenvalue weighted by atomic mass is 35.5. The molecule has 0 aromatic heterocycles. The van der Waals surface area contributed by atoms with Gasteiger partial charge in [0, 0.05) is 5.69 Å². The van der Waals surface area contributed by atoms with E-state index >= 15 is 0 Å². The highest BCUT2D eigenvalue weighted by molar-refractivity contribution is 6.37. The molecule has 1 rings (SSSR count). The molecule has 0 atom stereocenters.